The van der Waals surface area contributed by atoms with E-state index in [4.69, 9.17) is 0 Å². The molecule has 0 radical (unpaired) electrons. The summed E-state index contributed by atoms with van der Waals surface area (Å²) in [6, 6.07) is 13.4. The summed E-state index contributed by atoms with van der Waals surface area (Å²) in [5.74, 6) is -0.343. The normalized spacial score (nSPS) is 11.5. The molecule has 2 N–H and O–H groups in total. The van der Waals surface area contributed by atoms with Gasteiger partial charge in [-0.1, -0.05) is 25.1 Å². The van der Waals surface area contributed by atoms with Crippen LogP contribution < -0.4 is 10.0 Å². The molecule has 24 heavy (non-hydrogen) atoms. The van der Waals surface area contributed by atoms with Crippen molar-refractivity contribution in [1.29, 1.82) is 0 Å². The van der Waals surface area contributed by atoms with Crippen LogP contribution in [0.4, 0.5) is 5.69 Å². The maximum atomic E-state index is 12.4. The molecule has 0 saturated carbocycles. The Hall–Kier alpha value is -2.18. The second-order valence-corrected chi connectivity index (χ2v) is 7.53. The van der Waals surface area contributed by atoms with Gasteiger partial charge < -0.3 is 5.32 Å². The molecular formula is C18H22N2O3S. The van der Waals surface area contributed by atoms with E-state index in [2.05, 4.69) is 10.0 Å². The van der Waals surface area contributed by atoms with Crippen LogP contribution in [0.25, 0.3) is 0 Å². The van der Waals surface area contributed by atoms with Gasteiger partial charge in [0.25, 0.3) is 5.91 Å². The number of sulfonamides is 1. The third-order valence-electron chi connectivity index (χ3n) is 3.39. The standard InChI is InChI=1S/C18H22N2O3S/c1-4-14-7-5-9-16(11-14)19-18(21)15-8-6-10-17(12-15)24(22,23)20-13(2)3/h5-13,20H,4H2,1-3H3,(H,19,21). The van der Waals surface area contributed by atoms with Crippen LogP contribution in [0.15, 0.2) is 53.4 Å². The van der Waals surface area contributed by atoms with Gasteiger partial charge >= 0.3 is 0 Å². The number of rotatable bonds is 6. The molecule has 0 atom stereocenters. The summed E-state index contributed by atoms with van der Waals surface area (Å²) in [6.07, 6.45) is 0.873. The van der Waals surface area contributed by atoms with Gasteiger partial charge in [0.15, 0.2) is 0 Å². The molecule has 0 aliphatic carbocycles. The van der Waals surface area contributed by atoms with Gasteiger partial charge in [-0.05, 0) is 56.2 Å². The second kappa shape index (κ2) is 7.59. The molecule has 0 heterocycles. The molecule has 0 aliphatic heterocycles. The minimum Gasteiger partial charge on any atom is -0.322 e. The van der Waals surface area contributed by atoms with Gasteiger partial charge in [-0.25, -0.2) is 13.1 Å². The van der Waals surface area contributed by atoms with Crippen molar-refractivity contribution < 1.29 is 13.2 Å². The number of carbonyl (C=O) groups excluding carboxylic acids is 1. The third kappa shape index (κ3) is 4.66. The lowest BCUT2D eigenvalue weighted by molar-refractivity contribution is 0.102. The molecule has 128 valence electrons. The van der Waals surface area contributed by atoms with E-state index in [1.54, 1.807) is 32.0 Å². The van der Waals surface area contributed by atoms with E-state index in [0.717, 1.165) is 12.0 Å². The molecule has 0 spiro atoms. The Balaban J connectivity index is 2.23. The van der Waals surface area contributed by atoms with E-state index >= 15 is 0 Å². The fourth-order valence-electron chi connectivity index (χ4n) is 2.26. The van der Waals surface area contributed by atoms with Crippen molar-refractivity contribution in [2.75, 3.05) is 5.32 Å². The SMILES string of the molecule is CCc1cccc(NC(=O)c2cccc(S(=O)(=O)NC(C)C)c2)c1. The minimum atomic E-state index is -3.63. The van der Waals surface area contributed by atoms with E-state index in [9.17, 15) is 13.2 Å². The van der Waals surface area contributed by atoms with Gasteiger partial charge in [-0.2, -0.15) is 0 Å². The zero-order valence-corrected chi connectivity index (χ0v) is 14.9. The molecule has 5 nitrogen and oxygen atoms in total. The zero-order valence-electron chi connectivity index (χ0n) is 14.0. The maximum Gasteiger partial charge on any atom is 0.255 e. The van der Waals surface area contributed by atoms with Crippen LogP contribution in [-0.2, 0) is 16.4 Å². The minimum absolute atomic E-state index is 0.0751. The first-order chi connectivity index (χ1) is 11.3. The first-order valence-corrected chi connectivity index (χ1v) is 9.33. The summed E-state index contributed by atoms with van der Waals surface area (Å²) >= 11 is 0. The summed E-state index contributed by atoms with van der Waals surface area (Å²) in [5, 5.41) is 2.80. The molecule has 2 rings (SSSR count). The lowest BCUT2D eigenvalue weighted by atomic mass is 10.1. The Bertz CT molecular complexity index is 830. The van der Waals surface area contributed by atoms with Crippen molar-refractivity contribution in [3.63, 3.8) is 0 Å². The number of hydrogen-bond donors (Lipinski definition) is 2. The number of carbonyl (C=O) groups is 1. The summed E-state index contributed by atoms with van der Waals surface area (Å²) in [4.78, 5) is 12.5. The molecule has 2 aromatic rings. The lowest BCUT2D eigenvalue weighted by Gasteiger charge is -2.11. The zero-order chi connectivity index (χ0) is 17.7. The summed E-state index contributed by atoms with van der Waals surface area (Å²) in [7, 11) is -3.63. The Morgan fingerprint density at radius 3 is 2.46 bits per heavy atom. The fourth-order valence-corrected chi connectivity index (χ4v) is 3.55. The van der Waals surface area contributed by atoms with Crippen molar-refractivity contribution >= 4 is 21.6 Å². The molecule has 0 saturated heterocycles. The summed E-state index contributed by atoms with van der Waals surface area (Å²) in [5.41, 5.74) is 2.10. The fraction of sp³-hybridized carbons (Fsp3) is 0.278. The predicted molar refractivity (Wildman–Crippen MR) is 95.7 cm³/mol. The highest BCUT2D eigenvalue weighted by Crippen LogP contribution is 2.15. The number of aryl methyl sites for hydroxylation is 1. The van der Waals surface area contributed by atoms with Crippen LogP contribution in [0, 0.1) is 0 Å². The molecule has 6 heteroatoms. The van der Waals surface area contributed by atoms with E-state index in [0.29, 0.717) is 11.3 Å². The first kappa shape index (κ1) is 18.2. The highest BCUT2D eigenvalue weighted by atomic mass is 32.2. The molecule has 0 unspecified atom stereocenters. The van der Waals surface area contributed by atoms with Gasteiger partial charge in [0.05, 0.1) is 4.90 Å². The molecule has 2 aromatic carbocycles. The number of hydrogen-bond acceptors (Lipinski definition) is 3. The predicted octanol–water partition coefficient (Wildman–Crippen LogP) is 3.19. The topological polar surface area (TPSA) is 75.3 Å². The van der Waals surface area contributed by atoms with Gasteiger partial charge in [0.2, 0.25) is 10.0 Å². The quantitative estimate of drug-likeness (QED) is 0.843. The number of amides is 1. The molecule has 1 amide bonds. The van der Waals surface area contributed by atoms with E-state index in [-0.39, 0.29) is 16.8 Å². The van der Waals surface area contributed by atoms with Gasteiger partial charge in [-0.3, -0.25) is 4.79 Å². The molecule has 0 bridgehead atoms. The van der Waals surface area contributed by atoms with Gasteiger partial charge in [-0.15, -0.1) is 0 Å². The van der Waals surface area contributed by atoms with E-state index < -0.39 is 10.0 Å². The van der Waals surface area contributed by atoms with Crippen molar-refractivity contribution in [2.45, 2.75) is 38.1 Å². The van der Waals surface area contributed by atoms with Crippen LogP contribution in [0.1, 0.15) is 36.7 Å². The van der Waals surface area contributed by atoms with Crippen LogP contribution in [0.2, 0.25) is 0 Å². The summed E-state index contributed by atoms with van der Waals surface area (Å²) in [6.45, 7) is 5.53. The van der Waals surface area contributed by atoms with Crippen LogP contribution >= 0.6 is 0 Å². The van der Waals surface area contributed by atoms with Crippen LogP contribution in [0.3, 0.4) is 0 Å². The second-order valence-electron chi connectivity index (χ2n) is 5.81. The highest BCUT2D eigenvalue weighted by molar-refractivity contribution is 7.89. The molecule has 0 aromatic heterocycles. The number of anilines is 1. The van der Waals surface area contributed by atoms with Crippen LogP contribution in [-0.4, -0.2) is 20.4 Å². The smallest absolute Gasteiger partial charge is 0.255 e. The third-order valence-corrected chi connectivity index (χ3v) is 5.05. The molecule has 0 aliphatic rings. The van der Waals surface area contributed by atoms with E-state index in [1.807, 2.05) is 25.1 Å². The Morgan fingerprint density at radius 1 is 1.08 bits per heavy atom. The highest BCUT2D eigenvalue weighted by Gasteiger charge is 2.17. The van der Waals surface area contributed by atoms with Crippen molar-refractivity contribution in [2.24, 2.45) is 0 Å². The summed E-state index contributed by atoms with van der Waals surface area (Å²) < 4.78 is 26.9. The Labute approximate surface area is 143 Å². The van der Waals surface area contributed by atoms with Gasteiger partial charge in [0, 0.05) is 17.3 Å². The largest absolute Gasteiger partial charge is 0.322 e. The maximum absolute atomic E-state index is 12.4. The Kier molecular flexibility index (Phi) is 5.75. The molecular weight excluding hydrogens is 324 g/mol. The van der Waals surface area contributed by atoms with Crippen molar-refractivity contribution in [3.05, 3.63) is 59.7 Å². The van der Waals surface area contributed by atoms with Crippen LogP contribution in [0.5, 0.6) is 0 Å². The average molecular weight is 346 g/mol. The monoisotopic (exact) mass is 346 g/mol. The first-order valence-electron chi connectivity index (χ1n) is 7.84. The average Bonchev–Trinajstić information content (AvgIpc) is 2.54. The van der Waals surface area contributed by atoms with Gasteiger partial charge in [0.1, 0.15) is 0 Å². The Morgan fingerprint density at radius 2 is 1.79 bits per heavy atom. The van der Waals surface area contributed by atoms with Crippen molar-refractivity contribution in [1.82, 2.24) is 4.72 Å². The molecule has 0 fully saturated rings. The van der Waals surface area contributed by atoms with Crippen molar-refractivity contribution in [3.8, 4) is 0 Å². The van der Waals surface area contributed by atoms with E-state index in [1.165, 1.54) is 12.1 Å². The lowest BCUT2D eigenvalue weighted by Crippen LogP contribution is -2.30. The number of benzene rings is 2. The number of nitrogens with one attached hydrogen (secondary N) is 2.